The normalized spacial score (nSPS) is 19.1. The van der Waals surface area contributed by atoms with Gasteiger partial charge in [-0.05, 0) is 17.7 Å². The van der Waals surface area contributed by atoms with Crippen molar-refractivity contribution in [3.63, 3.8) is 0 Å². The van der Waals surface area contributed by atoms with Gasteiger partial charge in [0.15, 0.2) is 4.08 Å². The lowest BCUT2D eigenvalue weighted by molar-refractivity contribution is 1.16. The summed E-state index contributed by atoms with van der Waals surface area (Å²) in [6, 6.07) is 9.96. The Kier molecular flexibility index (Phi) is 2.96. The van der Waals surface area contributed by atoms with Gasteiger partial charge in [0.25, 0.3) is 0 Å². The van der Waals surface area contributed by atoms with E-state index in [1.54, 1.807) is 23.5 Å². The molecule has 0 spiro atoms. The minimum Gasteiger partial charge on any atom is -0.195 e. The zero-order valence-electron chi connectivity index (χ0n) is 7.37. The molecule has 2 rings (SSSR count). The largest absolute Gasteiger partial charge is 0.195 e. The van der Waals surface area contributed by atoms with E-state index in [1.807, 2.05) is 24.3 Å². The predicted octanol–water partition coefficient (Wildman–Crippen LogP) is 3.50. The smallest absolute Gasteiger partial charge is 0.173 e. The molecule has 0 saturated carbocycles. The molecule has 1 fully saturated rings. The van der Waals surface area contributed by atoms with Crippen LogP contribution in [0.15, 0.2) is 24.3 Å². The second-order valence-electron chi connectivity index (χ2n) is 2.93. The lowest BCUT2D eigenvalue weighted by Crippen LogP contribution is -2.10. The van der Waals surface area contributed by atoms with Crippen LogP contribution in [0.25, 0.3) is 0 Å². The van der Waals surface area contributed by atoms with Crippen molar-refractivity contribution in [3.8, 4) is 6.07 Å². The first kappa shape index (κ1) is 10.2. The van der Waals surface area contributed by atoms with Gasteiger partial charge in [0, 0.05) is 16.5 Å². The molecule has 1 aromatic rings. The molecule has 0 amide bonds. The van der Waals surface area contributed by atoms with Gasteiger partial charge in [0.1, 0.15) is 0 Å². The highest BCUT2D eigenvalue weighted by atomic mass is 35.5. The van der Waals surface area contributed by atoms with Crippen LogP contribution in [-0.4, -0.2) is 11.5 Å². The van der Waals surface area contributed by atoms with E-state index in [1.165, 1.54) is 0 Å². The van der Waals surface area contributed by atoms with Crippen molar-refractivity contribution in [3.05, 3.63) is 34.9 Å². The molecule has 14 heavy (non-hydrogen) atoms. The number of hydrogen-bond donors (Lipinski definition) is 0. The monoisotopic (exact) mass is 241 g/mol. The molecule has 0 atom stereocenters. The van der Waals surface area contributed by atoms with Gasteiger partial charge in [-0.2, -0.15) is 5.26 Å². The van der Waals surface area contributed by atoms with E-state index in [4.69, 9.17) is 11.6 Å². The van der Waals surface area contributed by atoms with Gasteiger partial charge >= 0.3 is 0 Å². The third kappa shape index (κ3) is 1.75. The van der Waals surface area contributed by atoms with E-state index in [0.29, 0.717) is 0 Å². The van der Waals surface area contributed by atoms with Gasteiger partial charge in [0.2, 0.25) is 0 Å². The van der Waals surface area contributed by atoms with Crippen molar-refractivity contribution >= 4 is 35.1 Å². The molecular formula is C10H8ClNS2. The van der Waals surface area contributed by atoms with E-state index in [0.717, 1.165) is 22.1 Å². The van der Waals surface area contributed by atoms with Gasteiger partial charge in [-0.15, -0.1) is 23.5 Å². The summed E-state index contributed by atoms with van der Waals surface area (Å²) in [6.45, 7) is 0. The zero-order valence-corrected chi connectivity index (χ0v) is 9.75. The first-order chi connectivity index (χ1) is 6.77. The summed E-state index contributed by atoms with van der Waals surface area (Å²) >= 11 is 9.23. The summed E-state index contributed by atoms with van der Waals surface area (Å²) in [7, 11) is 0. The number of nitrogens with zero attached hydrogens (tertiary/aromatic N) is 1. The highest BCUT2D eigenvalue weighted by molar-refractivity contribution is 8.20. The second-order valence-corrected chi connectivity index (χ2v) is 6.25. The Bertz CT molecular complexity index is 363. The van der Waals surface area contributed by atoms with Crippen LogP contribution in [0.4, 0.5) is 0 Å². The number of benzene rings is 1. The van der Waals surface area contributed by atoms with Crippen molar-refractivity contribution < 1.29 is 0 Å². The van der Waals surface area contributed by atoms with E-state index in [9.17, 15) is 5.26 Å². The van der Waals surface area contributed by atoms with Crippen LogP contribution in [0, 0.1) is 11.3 Å². The lowest BCUT2D eigenvalue weighted by Gasteiger charge is -2.18. The summed E-state index contributed by atoms with van der Waals surface area (Å²) < 4.78 is -0.398. The Balaban J connectivity index is 2.37. The fourth-order valence-electron chi connectivity index (χ4n) is 1.38. The summed E-state index contributed by atoms with van der Waals surface area (Å²) in [4.78, 5) is 0. The molecule has 0 unspecified atom stereocenters. The molecule has 0 radical (unpaired) electrons. The molecular weight excluding hydrogens is 234 g/mol. The number of rotatable bonds is 1. The van der Waals surface area contributed by atoms with Crippen LogP contribution in [0.1, 0.15) is 5.56 Å². The van der Waals surface area contributed by atoms with Crippen molar-refractivity contribution in [2.45, 2.75) is 4.08 Å². The Morgan fingerprint density at radius 2 is 1.79 bits per heavy atom. The average molecular weight is 242 g/mol. The van der Waals surface area contributed by atoms with Crippen LogP contribution < -0.4 is 0 Å². The SMILES string of the molecule is N#CC1(c2ccc(Cl)cc2)SCCS1. The Hall–Kier alpha value is -0.300. The third-order valence-corrected chi connectivity index (χ3v) is 5.57. The lowest BCUT2D eigenvalue weighted by atomic mass is 10.1. The molecule has 1 nitrogen and oxygen atoms in total. The molecule has 1 saturated heterocycles. The van der Waals surface area contributed by atoms with E-state index in [2.05, 4.69) is 6.07 Å². The van der Waals surface area contributed by atoms with Crippen LogP contribution in [0.3, 0.4) is 0 Å². The minimum absolute atomic E-state index is 0.398. The van der Waals surface area contributed by atoms with E-state index in [-0.39, 0.29) is 0 Å². The molecule has 0 bridgehead atoms. The van der Waals surface area contributed by atoms with E-state index < -0.39 is 4.08 Å². The van der Waals surface area contributed by atoms with Crippen molar-refractivity contribution in [1.29, 1.82) is 5.26 Å². The predicted molar refractivity (Wildman–Crippen MR) is 63.7 cm³/mol. The molecule has 1 heterocycles. The Morgan fingerprint density at radius 3 is 2.29 bits per heavy atom. The summed E-state index contributed by atoms with van der Waals surface area (Å²) in [5.41, 5.74) is 1.05. The third-order valence-electron chi connectivity index (χ3n) is 2.07. The van der Waals surface area contributed by atoms with Crippen LogP contribution in [-0.2, 0) is 4.08 Å². The summed E-state index contributed by atoms with van der Waals surface area (Å²) in [5, 5.41) is 9.93. The van der Waals surface area contributed by atoms with Gasteiger partial charge in [-0.1, -0.05) is 23.7 Å². The molecule has 0 N–H and O–H groups in total. The fourth-order valence-corrected chi connectivity index (χ4v) is 4.31. The number of hydrogen-bond acceptors (Lipinski definition) is 3. The molecule has 0 aliphatic carbocycles. The highest BCUT2D eigenvalue weighted by Crippen LogP contribution is 2.51. The molecule has 4 heteroatoms. The molecule has 0 aromatic heterocycles. The standard InChI is InChI=1S/C10H8ClNS2/c11-9-3-1-8(2-4-9)10(7-12)13-5-6-14-10/h1-4H,5-6H2. The average Bonchev–Trinajstić information content (AvgIpc) is 2.68. The maximum absolute atomic E-state index is 9.21. The molecule has 1 aromatic carbocycles. The number of nitriles is 1. The van der Waals surface area contributed by atoms with Gasteiger partial charge < -0.3 is 0 Å². The first-order valence-electron chi connectivity index (χ1n) is 4.22. The van der Waals surface area contributed by atoms with Gasteiger partial charge in [0.05, 0.1) is 6.07 Å². The Labute approximate surface area is 96.8 Å². The fraction of sp³-hybridized carbons (Fsp3) is 0.300. The van der Waals surface area contributed by atoms with Crippen molar-refractivity contribution in [2.24, 2.45) is 0 Å². The molecule has 1 aliphatic heterocycles. The maximum Gasteiger partial charge on any atom is 0.173 e. The second kappa shape index (κ2) is 4.06. The molecule has 1 aliphatic rings. The topological polar surface area (TPSA) is 23.8 Å². The maximum atomic E-state index is 9.21. The number of halogens is 1. The summed E-state index contributed by atoms with van der Waals surface area (Å²) in [5.74, 6) is 2.09. The van der Waals surface area contributed by atoms with Crippen LogP contribution in [0.2, 0.25) is 5.02 Å². The number of thioether (sulfide) groups is 2. The molecule has 72 valence electrons. The first-order valence-corrected chi connectivity index (χ1v) is 6.57. The summed E-state index contributed by atoms with van der Waals surface area (Å²) in [6.07, 6.45) is 0. The Morgan fingerprint density at radius 1 is 1.21 bits per heavy atom. The van der Waals surface area contributed by atoms with Crippen molar-refractivity contribution in [2.75, 3.05) is 11.5 Å². The quantitative estimate of drug-likeness (QED) is 0.752. The van der Waals surface area contributed by atoms with Crippen molar-refractivity contribution in [1.82, 2.24) is 0 Å². The van der Waals surface area contributed by atoms with Crippen LogP contribution >= 0.6 is 35.1 Å². The minimum atomic E-state index is -0.398. The van der Waals surface area contributed by atoms with Gasteiger partial charge in [-0.25, -0.2) is 0 Å². The van der Waals surface area contributed by atoms with Crippen LogP contribution in [0.5, 0.6) is 0 Å². The zero-order chi connectivity index (χ0) is 10.0. The van der Waals surface area contributed by atoms with Gasteiger partial charge in [-0.3, -0.25) is 0 Å². The van der Waals surface area contributed by atoms with E-state index >= 15 is 0 Å². The highest BCUT2D eigenvalue weighted by Gasteiger charge is 2.37.